The molecule has 0 aliphatic heterocycles. The Labute approximate surface area is 193 Å². The number of Topliss-reactive ketones (excluding diaryl/α,β-unsaturated/α-hetero) is 1. The van der Waals surface area contributed by atoms with Gasteiger partial charge >= 0.3 is 0 Å². The average Bonchev–Trinajstić information content (AvgIpc) is 2.66. The van der Waals surface area contributed by atoms with Gasteiger partial charge in [0.05, 0.1) is 0 Å². The van der Waals surface area contributed by atoms with Gasteiger partial charge in [0.2, 0.25) is 0 Å². The van der Waals surface area contributed by atoms with Crippen LogP contribution >= 0.6 is 0 Å². The van der Waals surface area contributed by atoms with Crippen LogP contribution < -0.4 is 0 Å². The third-order valence-electron chi connectivity index (χ3n) is 5.52. The number of carbonyl (C=O) groups is 1. The van der Waals surface area contributed by atoms with Gasteiger partial charge in [-0.25, -0.2) is 0 Å². The third kappa shape index (κ3) is 9.59. The zero-order valence-electron chi connectivity index (χ0n) is 20.6. The van der Waals surface area contributed by atoms with E-state index in [1.54, 1.807) is 0 Å². The summed E-state index contributed by atoms with van der Waals surface area (Å²) in [5, 5.41) is 30.1. The minimum Gasteiger partial charge on any atom is -0.507 e. The molecule has 1 aromatic rings. The summed E-state index contributed by atoms with van der Waals surface area (Å²) in [6.45, 7) is 11.9. The van der Waals surface area contributed by atoms with Gasteiger partial charge < -0.3 is 15.3 Å². The van der Waals surface area contributed by atoms with E-state index in [1.807, 2.05) is 13.0 Å². The summed E-state index contributed by atoms with van der Waals surface area (Å²) in [6.07, 6.45) is 15.3. The van der Waals surface area contributed by atoms with Crippen molar-refractivity contribution in [2.24, 2.45) is 0 Å². The van der Waals surface area contributed by atoms with E-state index in [9.17, 15) is 20.1 Å². The van der Waals surface area contributed by atoms with Gasteiger partial charge in [-0.15, -0.1) is 0 Å². The van der Waals surface area contributed by atoms with Crippen LogP contribution in [0.4, 0.5) is 0 Å². The molecule has 3 N–H and O–H groups in total. The lowest BCUT2D eigenvalue weighted by atomic mass is 9.99. The molecule has 32 heavy (non-hydrogen) atoms. The van der Waals surface area contributed by atoms with Crippen molar-refractivity contribution in [1.82, 2.24) is 0 Å². The molecule has 4 heteroatoms. The molecular formula is C28H40O4. The summed E-state index contributed by atoms with van der Waals surface area (Å²) in [5.41, 5.74) is 5.45. The van der Waals surface area contributed by atoms with Crippen molar-refractivity contribution in [3.8, 4) is 17.2 Å². The van der Waals surface area contributed by atoms with Gasteiger partial charge in [-0.3, -0.25) is 4.79 Å². The molecule has 0 unspecified atom stereocenters. The molecule has 0 fully saturated rings. The van der Waals surface area contributed by atoms with Crippen LogP contribution in [0.2, 0.25) is 0 Å². The molecule has 1 rings (SSSR count). The topological polar surface area (TPSA) is 77.8 Å². The molecule has 0 radical (unpaired) electrons. The molecule has 0 aromatic heterocycles. The Bertz CT molecular complexity index is 910. The van der Waals surface area contributed by atoms with Crippen LogP contribution in [0.25, 0.3) is 0 Å². The number of hydrogen-bond donors (Lipinski definition) is 3. The summed E-state index contributed by atoms with van der Waals surface area (Å²) >= 11 is 0. The number of carbonyl (C=O) groups excluding carboxylic acids is 1. The van der Waals surface area contributed by atoms with Crippen LogP contribution in [0.1, 0.15) is 96.0 Å². The van der Waals surface area contributed by atoms with Gasteiger partial charge in [-0.2, -0.15) is 0 Å². The average molecular weight is 441 g/mol. The highest BCUT2D eigenvalue weighted by atomic mass is 16.3. The highest BCUT2D eigenvalue weighted by Gasteiger charge is 2.19. The van der Waals surface area contributed by atoms with E-state index in [-0.39, 0.29) is 22.6 Å². The number of ketones is 1. The fourth-order valence-corrected chi connectivity index (χ4v) is 3.49. The summed E-state index contributed by atoms with van der Waals surface area (Å²) in [6, 6.07) is 1.11. The Kier molecular flexibility index (Phi) is 11.6. The van der Waals surface area contributed by atoms with E-state index in [2.05, 4.69) is 45.9 Å². The maximum Gasteiger partial charge on any atom is 0.167 e. The summed E-state index contributed by atoms with van der Waals surface area (Å²) < 4.78 is 0. The maximum atomic E-state index is 11.6. The number of benzene rings is 1. The molecule has 176 valence electrons. The normalized spacial score (nSPS) is 12.8. The van der Waals surface area contributed by atoms with Crippen LogP contribution in [-0.2, 0) is 6.42 Å². The van der Waals surface area contributed by atoms with Crippen LogP contribution in [0.15, 0.2) is 52.7 Å². The molecule has 0 aliphatic rings. The van der Waals surface area contributed by atoms with Crippen LogP contribution in [0.3, 0.4) is 0 Å². The third-order valence-corrected chi connectivity index (χ3v) is 5.52. The van der Waals surface area contributed by atoms with Gasteiger partial charge in [0.25, 0.3) is 0 Å². The van der Waals surface area contributed by atoms with Crippen LogP contribution in [-0.4, -0.2) is 21.1 Å². The Morgan fingerprint density at radius 2 is 1.19 bits per heavy atom. The molecule has 4 nitrogen and oxygen atoms in total. The minimum atomic E-state index is -0.444. The Morgan fingerprint density at radius 3 is 1.66 bits per heavy atom. The molecule has 0 heterocycles. The van der Waals surface area contributed by atoms with Gasteiger partial charge in [0.1, 0.15) is 22.8 Å². The van der Waals surface area contributed by atoms with Crippen molar-refractivity contribution in [1.29, 1.82) is 0 Å². The van der Waals surface area contributed by atoms with E-state index >= 15 is 0 Å². The fraction of sp³-hybridized carbons (Fsp3) is 0.464. The highest BCUT2D eigenvalue weighted by Crippen LogP contribution is 2.38. The predicted molar refractivity (Wildman–Crippen MR) is 134 cm³/mol. The lowest BCUT2D eigenvalue weighted by Gasteiger charge is -2.11. The van der Waals surface area contributed by atoms with Gasteiger partial charge in [0.15, 0.2) is 5.78 Å². The number of aromatic hydroxyl groups is 3. The quantitative estimate of drug-likeness (QED) is 0.230. The smallest absolute Gasteiger partial charge is 0.167 e. The zero-order valence-corrected chi connectivity index (χ0v) is 20.6. The standard InChI is InChI=1S/C28H40O4/c1-19(2)10-7-11-20(3)12-8-13-21(4)14-9-15-22(5)16-17-24-25(30)18-26(31)27(23(6)29)28(24)32/h10,12,14,16,18,30-32H,7-9,11,13,15,17H2,1-6H3/b20-12+,21-14+,22-16+. The first-order valence-electron chi connectivity index (χ1n) is 11.4. The predicted octanol–water partition coefficient (Wildman–Crippen LogP) is 7.69. The van der Waals surface area contributed by atoms with Crippen molar-refractivity contribution >= 4 is 5.78 Å². The second kappa shape index (κ2) is 13.6. The zero-order chi connectivity index (χ0) is 24.3. The molecule has 0 atom stereocenters. The first-order valence-corrected chi connectivity index (χ1v) is 11.4. The summed E-state index contributed by atoms with van der Waals surface area (Å²) in [4.78, 5) is 11.6. The molecule has 0 saturated heterocycles. The first-order chi connectivity index (χ1) is 15.0. The minimum absolute atomic E-state index is 0.149. The number of rotatable bonds is 12. The van der Waals surface area contributed by atoms with Crippen LogP contribution in [0.5, 0.6) is 17.2 Å². The lowest BCUT2D eigenvalue weighted by Crippen LogP contribution is -1.97. The maximum absolute atomic E-state index is 11.6. The number of phenolic OH excluding ortho intramolecular Hbond substituents is 3. The lowest BCUT2D eigenvalue weighted by molar-refractivity contribution is 0.101. The monoisotopic (exact) mass is 440 g/mol. The summed E-state index contributed by atoms with van der Waals surface area (Å²) in [7, 11) is 0. The molecule has 1 aromatic carbocycles. The Morgan fingerprint density at radius 1 is 0.719 bits per heavy atom. The van der Waals surface area contributed by atoms with Crippen LogP contribution in [0, 0.1) is 0 Å². The largest absolute Gasteiger partial charge is 0.507 e. The number of hydrogen-bond acceptors (Lipinski definition) is 4. The Balaban J connectivity index is 2.56. The Hall–Kier alpha value is -2.75. The number of allylic oxidation sites excluding steroid dienone is 8. The molecule has 0 bridgehead atoms. The molecule has 0 aliphatic carbocycles. The van der Waals surface area contributed by atoms with E-state index in [4.69, 9.17) is 0 Å². The molecule has 0 saturated carbocycles. The van der Waals surface area contributed by atoms with Gasteiger partial charge in [0, 0.05) is 11.6 Å². The second-order valence-electron chi connectivity index (χ2n) is 8.93. The molecular weight excluding hydrogens is 400 g/mol. The fourth-order valence-electron chi connectivity index (χ4n) is 3.49. The SMILES string of the molecule is CC(=O)c1c(O)cc(O)c(C/C=C(\C)CC/C=C(\C)CC/C=C(\C)CCC=C(C)C)c1O. The van der Waals surface area contributed by atoms with Crippen molar-refractivity contribution in [3.63, 3.8) is 0 Å². The van der Waals surface area contributed by atoms with Crippen molar-refractivity contribution in [2.75, 3.05) is 0 Å². The molecule has 0 spiro atoms. The second-order valence-corrected chi connectivity index (χ2v) is 8.93. The van der Waals surface area contributed by atoms with E-state index in [1.165, 1.54) is 23.6 Å². The highest BCUT2D eigenvalue weighted by molar-refractivity contribution is 6.00. The van der Waals surface area contributed by atoms with Crippen molar-refractivity contribution < 1.29 is 20.1 Å². The van der Waals surface area contributed by atoms with Gasteiger partial charge in [-0.1, -0.05) is 46.6 Å². The van der Waals surface area contributed by atoms with E-state index in [0.717, 1.165) is 50.2 Å². The number of phenols is 3. The molecule has 0 amide bonds. The first kappa shape index (κ1) is 27.3. The van der Waals surface area contributed by atoms with Gasteiger partial charge in [-0.05, 0) is 86.5 Å². The van der Waals surface area contributed by atoms with Crippen molar-refractivity contribution in [2.45, 2.75) is 86.5 Å². The van der Waals surface area contributed by atoms with E-state index in [0.29, 0.717) is 6.42 Å². The summed E-state index contributed by atoms with van der Waals surface area (Å²) in [5.74, 6) is -1.41. The van der Waals surface area contributed by atoms with Crippen molar-refractivity contribution in [3.05, 3.63) is 63.8 Å². The van der Waals surface area contributed by atoms with E-state index < -0.39 is 11.5 Å².